The standard InChI is InChI=1S/C15H23ClN2O2S/c1-11-6-7-18(10-12(11)2)21(19,20)14-5-4-13(9-17-3)15(16)8-14/h4-5,8,11-12,17H,6-7,9-10H2,1-3H3. The number of rotatable bonds is 4. The fraction of sp³-hybridized carbons (Fsp3) is 0.600. The van der Waals surface area contributed by atoms with Crippen LogP contribution < -0.4 is 5.32 Å². The van der Waals surface area contributed by atoms with Crippen molar-refractivity contribution < 1.29 is 8.42 Å². The number of benzene rings is 1. The van der Waals surface area contributed by atoms with Gasteiger partial charge in [0.2, 0.25) is 10.0 Å². The number of sulfonamides is 1. The van der Waals surface area contributed by atoms with Crippen LogP contribution in [0.1, 0.15) is 25.8 Å². The molecule has 1 aromatic rings. The summed E-state index contributed by atoms with van der Waals surface area (Å²) in [4.78, 5) is 0.286. The van der Waals surface area contributed by atoms with Crippen LogP contribution >= 0.6 is 11.6 Å². The summed E-state index contributed by atoms with van der Waals surface area (Å²) in [5.41, 5.74) is 0.902. The Kier molecular flexibility index (Phi) is 5.30. The zero-order valence-corrected chi connectivity index (χ0v) is 14.3. The molecule has 118 valence electrons. The summed E-state index contributed by atoms with van der Waals surface area (Å²) in [6.07, 6.45) is 0.909. The zero-order chi connectivity index (χ0) is 15.6. The second-order valence-electron chi connectivity index (χ2n) is 5.89. The number of nitrogens with zero attached hydrogens (tertiary/aromatic N) is 1. The molecule has 0 saturated carbocycles. The van der Waals surface area contributed by atoms with E-state index < -0.39 is 10.0 Å². The Morgan fingerprint density at radius 2 is 2.05 bits per heavy atom. The van der Waals surface area contributed by atoms with Gasteiger partial charge in [0.1, 0.15) is 0 Å². The molecule has 1 saturated heterocycles. The van der Waals surface area contributed by atoms with Crippen LogP contribution in [0.3, 0.4) is 0 Å². The fourth-order valence-electron chi connectivity index (χ4n) is 2.61. The van der Waals surface area contributed by atoms with E-state index in [2.05, 4.69) is 19.2 Å². The number of nitrogens with one attached hydrogen (secondary N) is 1. The smallest absolute Gasteiger partial charge is 0.243 e. The van der Waals surface area contributed by atoms with Crippen LogP contribution in [-0.2, 0) is 16.6 Å². The van der Waals surface area contributed by atoms with E-state index >= 15 is 0 Å². The molecule has 2 atom stereocenters. The maximum Gasteiger partial charge on any atom is 0.243 e. The van der Waals surface area contributed by atoms with Crippen molar-refractivity contribution in [3.8, 4) is 0 Å². The maximum atomic E-state index is 12.7. The molecule has 1 N–H and O–H groups in total. The third kappa shape index (κ3) is 3.59. The Morgan fingerprint density at radius 3 is 2.62 bits per heavy atom. The van der Waals surface area contributed by atoms with Crippen molar-refractivity contribution in [1.29, 1.82) is 0 Å². The Morgan fingerprint density at radius 1 is 1.33 bits per heavy atom. The van der Waals surface area contributed by atoms with E-state index in [1.807, 2.05) is 7.05 Å². The lowest BCUT2D eigenvalue weighted by atomic mass is 9.90. The molecule has 1 aliphatic rings. The topological polar surface area (TPSA) is 49.4 Å². The third-order valence-electron chi connectivity index (χ3n) is 4.33. The summed E-state index contributed by atoms with van der Waals surface area (Å²) in [6, 6.07) is 4.99. The molecule has 1 heterocycles. The fourth-order valence-corrected chi connectivity index (χ4v) is 4.51. The van der Waals surface area contributed by atoms with Crippen LogP contribution in [0.2, 0.25) is 5.02 Å². The average Bonchev–Trinajstić information content (AvgIpc) is 2.44. The van der Waals surface area contributed by atoms with Crippen molar-refractivity contribution >= 4 is 21.6 Å². The third-order valence-corrected chi connectivity index (χ3v) is 6.54. The first-order chi connectivity index (χ1) is 9.86. The Labute approximate surface area is 132 Å². The van der Waals surface area contributed by atoms with Crippen LogP contribution in [0.4, 0.5) is 0 Å². The normalized spacial score (nSPS) is 24.2. The summed E-state index contributed by atoms with van der Waals surface area (Å²) in [5, 5.41) is 3.50. The molecule has 1 fully saturated rings. The largest absolute Gasteiger partial charge is 0.316 e. The SMILES string of the molecule is CNCc1ccc(S(=O)(=O)N2CCC(C)C(C)C2)cc1Cl. The van der Waals surface area contributed by atoms with Crippen LogP contribution in [-0.4, -0.2) is 32.9 Å². The van der Waals surface area contributed by atoms with E-state index in [9.17, 15) is 8.42 Å². The van der Waals surface area contributed by atoms with Crippen molar-refractivity contribution in [3.05, 3.63) is 28.8 Å². The molecule has 2 rings (SSSR count). The first-order valence-corrected chi connectivity index (χ1v) is 9.11. The predicted octanol–water partition coefficient (Wildman–Crippen LogP) is 2.73. The lowest BCUT2D eigenvalue weighted by Crippen LogP contribution is -2.42. The molecule has 0 spiro atoms. The van der Waals surface area contributed by atoms with Gasteiger partial charge in [-0.3, -0.25) is 0 Å². The highest BCUT2D eigenvalue weighted by molar-refractivity contribution is 7.89. The molecule has 0 bridgehead atoms. The van der Waals surface area contributed by atoms with Crippen LogP contribution in [0, 0.1) is 11.8 Å². The van der Waals surface area contributed by atoms with E-state index in [4.69, 9.17) is 11.6 Å². The average molecular weight is 331 g/mol. The molecule has 21 heavy (non-hydrogen) atoms. The molecule has 0 aliphatic carbocycles. The molecule has 1 aliphatic heterocycles. The molecule has 6 heteroatoms. The van der Waals surface area contributed by atoms with Crippen molar-refractivity contribution in [2.75, 3.05) is 20.1 Å². The van der Waals surface area contributed by atoms with Gasteiger partial charge < -0.3 is 5.32 Å². The number of hydrogen-bond donors (Lipinski definition) is 1. The Bertz CT molecular complexity index is 604. The maximum absolute atomic E-state index is 12.7. The van der Waals surface area contributed by atoms with E-state index in [1.165, 1.54) is 0 Å². The predicted molar refractivity (Wildman–Crippen MR) is 85.9 cm³/mol. The van der Waals surface area contributed by atoms with Crippen LogP contribution in [0.5, 0.6) is 0 Å². The van der Waals surface area contributed by atoms with Crippen molar-refractivity contribution in [2.24, 2.45) is 11.8 Å². The van der Waals surface area contributed by atoms with Gasteiger partial charge in [-0.25, -0.2) is 8.42 Å². The first-order valence-electron chi connectivity index (χ1n) is 7.29. The summed E-state index contributed by atoms with van der Waals surface area (Å²) >= 11 is 6.18. The molecule has 0 aromatic heterocycles. The molecule has 1 aromatic carbocycles. The highest BCUT2D eigenvalue weighted by Crippen LogP contribution is 2.29. The molecular weight excluding hydrogens is 308 g/mol. The number of halogens is 1. The minimum absolute atomic E-state index is 0.286. The quantitative estimate of drug-likeness (QED) is 0.923. The van der Waals surface area contributed by atoms with E-state index in [0.717, 1.165) is 12.0 Å². The monoisotopic (exact) mass is 330 g/mol. The van der Waals surface area contributed by atoms with Gasteiger partial charge in [0.25, 0.3) is 0 Å². The van der Waals surface area contributed by atoms with Gasteiger partial charge in [-0.1, -0.05) is 31.5 Å². The van der Waals surface area contributed by atoms with Crippen molar-refractivity contribution in [3.63, 3.8) is 0 Å². The Hall–Kier alpha value is -0.620. The summed E-state index contributed by atoms with van der Waals surface area (Å²) in [6.45, 7) is 6.08. The van der Waals surface area contributed by atoms with E-state index in [-0.39, 0.29) is 4.90 Å². The minimum atomic E-state index is -3.44. The lowest BCUT2D eigenvalue weighted by molar-refractivity contribution is 0.212. The second kappa shape index (κ2) is 6.65. The van der Waals surface area contributed by atoms with E-state index in [1.54, 1.807) is 22.5 Å². The lowest BCUT2D eigenvalue weighted by Gasteiger charge is -2.34. The van der Waals surface area contributed by atoms with Gasteiger partial charge in [0, 0.05) is 24.7 Å². The van der Waals surface area contributed by atoms with Gasteiger partial charge >= 0.3 is 0 Å². The minimum Gasteiger partial charge on any atom is -0.316 e. The van der Waals surface area contributed by atoms with Crippen LogP contribution in [0.15, 0.2) is 23.1 Å². The van der Waals surface area contributed by atoms with E-state index in [0.29, 0.717) is 36.5 Å². The Balaban J connectivity index is 2.25. The van der Waals surface area contributed by atoms with Gasteiger partial charge in [-0.05, 0) is 43.0 Å². The van der Waals surface area contributed by atoms with Crippen molar-refractivity contribution in [1.82, 2.24) is 9.62 Å². The second-order valence-corrected chi connectivity index (χ2v) is 8.23. The molecule has 0 radical (unpaired) electrons. The van der Waals surface area contributed by atoms with Gasteiger partial charge in [-0.2, -0.15) is 4.31 Å². The zero-order valence-electron chi connectivity index (χ0n) is 12.8. The number of piperidine rings is 1. The van der Waals surface area contributed by atoms with Gasteiger partial charge in [-0.15, -0.1) is 0 Å². The molecule has 2 unspecified atom stereocenters. The molecule has 0 amide bonds. The summed E-state index contributed by atoms with van der Waals surface area (Å²) in [5.74, 6) is 0.950. The summed E-state index contributed by atoms with van der Waals surface area (Å²) < 4.78 is 27.0. The highest BCUT2D eigenvalue weighted by atomic mass is 35.5. The van der Waals surface area contributed by atoms with Gasteiger partial charge in [0.15, 0.2) is 0 Å². The first kappa shape index (κ1) is 16.7. The van der Waals surface area contributed by atoms with Crippen molar-refractivity contribution in [2.45, 2.75) is 31.7 Å². The molecular formula is C15H23ClN2O2S. The number of hydrogen-bond acceptors (Lipinski definition) is 3. The summed E-state index contributed by atoms with van der Waals surface area (Å²) in [7, 11) is -1.61. The highest BCUT2D eigenvalue weighted by Gasteiger charge is 2.31. The van der Waals surface area contributed by atoms with Crippen LogP contribution in [0.25, 0.3) is 0 Å². The van der Waals surface area contributed by atoms with Gasteiger partial charge in [0.05, 0.1) is 4.90 Å². The molecule has 4 nitrogen and oxygen atoms in total.